The van der Waals surface area contributed by atoms with Crippen LogP contribution in [-0.2, 0) is 14.4 Å². The number of rotatable bonds is 4. The highest BCUT2D eigenvalue weighted by atomic mass is 16.6. The van der Waals surface area contributed by atoms with Gasteiger partial charge in [-0.1, -0.05) is 30.3 Å². The molecular weight excluding hydrogens is 380 g/mol. The minimum absolute atomic E-state index is 0.0141. The fraction of sp³-hybridized carbons (Fsp3) is 0.143. The molecule has 29 heavy (non-hydrogen) atoms. The first-order valence-electron chi connectivity index (χ1n) is 8.51. The van der Waals surface area contributed by atoms with Crippen LogP contribution in [0.2, 0.25) is 0 Å². The van der Waals surface area contributed by atoms with Crippen molar-refractivity contribution in [3.63, 3.8) is 0 Å². The van der Waals surface area contributed by atoms with E-state index in [1.54, 1.807) is 24.3 Å². The highest BCUT2D eigenvalue weighted by Gasteiger charge is 2.25. The number of fused-ring (bicyclic) bond motifs is 1. The van der Waals surface area contributed by atoms with Crippen LogP contribution >= 0.6 is 0 Å². The second kappa shape index (κ2) is 7.97. The predicted octanol–water partition coefficient (Wildman–Crippen LogP) is 3.24. The number of ether oxygens (including phenoxy) is 3. The van der Waals surface area contributed by atoms with Gasteiger partial charge in [-0.3, -0.25) is 19.2 Å². The quantitative estimate of drug-likeness (QED) is 0.488. The minimum atomic E-state index is -0.772. The Morgan fingerprint density at radius 1 is 0.793 bits per heavy atom. The van der Waals surface area contributed by atoms with Gasteiger partial charge >= 0.3 is 17.9 Å². The average Bonchev–Trinajstić information content (AvgIpc) is 2.63. The molecule has 0 spiro atoms. The standard InChI is InChI=1S/C21H16O8/c1-11(22)26-18-10-17-19(21(28-13(3)24)20(18)27-12(2)23)15(25)9-16(29-17)14-7-5-4-6-8-14/h4-10H,1-3H3. The normalized spacial score (nSPS) is 10.4. The van der Waals surface area contributed by atoms with E-state index in [4.69, 9.17) is 18.6 Å². The molecule has 8 heteroatoms. The first kappa shape index (κ1) is 19.8. The van der Waals surface area contributed by atoms with Crippen molar-refractivity contribution >= 4 is 28.9 Å². The lowest BCUT2D eigenvalue weighted by molar-refractivity contribution is -0.135. The van der Waals surface area contributed by atoms with Gasteiger partial charge in [0.25, 0.3) is 0 Å². The van der Waals surface area contributed by atoms with Gasteiger partial charge in [0.2, 0.25) is 5.75 Å². The molecule has 0 amide bonds. The Kier molecular flexibility index (Phi) is 5.45. The van der Waals surface area contributed by atoms with Gasteiger partial charge in [0.05, 0.1) is 0 Å². The molecular formula is C21H16O8. The van der Waals surface area contributed by atoms with E-state index in [0.29, 0.717) is 5.56 Å². The van der Waals surface area contributed by atoms with Gasteiger partial charge in [-0.15, -0.1) is 0 Å². The fourth-order valence-corrected chi connectivity index (χ4v) is 2.70. The van der Waals surface area contributed by atoms with E-state index >= 15 is 0 Å². The summed E-state index contributed by atoms with van der Waals surface area (Å²) >= 11 is 0. The zero-order valence-electron chi connectivity index (χ0n) is 15.8. The molecule has 0 saturated carbocycles. The SMILES string of the molecule is CC(=O)Oc1cc2oc(-c3ccccc3)cc(=O)c2c(OC(C)=O)c1OC(C)=O. The van der Waals surface area contributed by atoms with Crippen LogP contribution in [0.1, 0.15) is 20.8 Å². The number of hydrogen-bond donors (Lipinski definition) is 0. The molecule has 1 aromatic heterocycles. The van der Waals surface area contributed by atoms with E-state index in [0.717, 1.165) is 20.8 Å². The molecule has 3 aromatic rings. The highest BCUT2D eigenvalue weighted by Crippen LogP contribution is 2.43. The molecule has 3 rings (SSSR count). The Morgan fingerprint density at radius 2 is 1.38 bits per heavy atom. The number of carbonyl (C=O) groups excluding carboxylic acids is 3. The Hall–Kier alpha value is -3.94. The first-order valence-corrected chi connectivity index (χ1v) is 8.51. The van der Waals surface area contributed by atoms with Gasteiger partial charge in [0.1, 0.15) is 16.7 Å². The predicted molar refractivity (Wildman–Crippen MR) is 102 cm³/mol. The molecule has 0 aliphatic heterocycles. The van der Waals surface area contributed by atoms with Gasteiger partial charge < -0.3 is 18.6 Å². The molecule has 0 unspecified atom stereocenters. The van der Waals surface area contributed by atoms with Crippen molar-refractivity contribution in [2.75, 3.05) is 0 Å². The number of hydrogen-bond acceptors (Lipinski definition) is 8. The molecule has 1 heterocycles. The first-order chi connectivity index (χ1) is 13.8. The molecule has 0 aliphatic rings. The van der Waals surface area contributed by atoms with Crippen LogP contribution in [0.25, 0.3) is 22.3 Å². The lowest BCUT2D eigenvalue weighted by Crippen LogP contribution is -2.13. The van der Waals surface area contributed by atoms with E-state index < -0.39 is 23.3 Å². The molecule has 148 valence electrons. The van der Waals surface area contributed by atoms with E-state index in [-0.39, 0.29) is 34.0 Å². The molecule has 0 bridgehead atoms. The largest absolute Gasteiger partial charge is 0.456 e. The molecule has 0 atom stereocenters. The maximum Gasteiger partial charge on any atom is 0.308 e. The molecule has 0 N–H and O–H groups in total. The third-order valence-corrected chi connectivity index (χ3v) is 3.70. The Morgan fingerprint density at radius 3 is 1.97 bits per heavy atom. The third kappa shape index (κ3) is 4.32. The van der Waals surface area contributed by atoms with E-state index in [1.165, 1.54) is 12.1 Å². The van der Waals surface area contributed by atoms with Crippen LogP contribution in [0.3, 0.4) is 0 Å². The minimum Gasteiger partial charge on any atom is -0.456 e. The summed E-state index contributed by atoms with van der Waals surface area (Å²) in [5.74, 6) is -2.96. The van der Waals surface area contributed by atoms with Gasteiger partial charge in [0, 0.05) is 38.5 Å². The number of benzene rings is 2. The van der Waals surface area contributed by atoms with Crippen molar-refractivity contribution in [3.05, 3.63) is 52.7 Å². The second-order valence-corrected chi connectivity index (χ2v) is 6.03. The van der Waals surface area contributed by atoms with E-state index in [9.17, 15) is 19.2 Å². The molecule has 0 aliphatic carbocycles. The van der Waals surface area contributed by atoms with Gasteiger partial charge in [0.15, 0.2) is 16.9 Å². The van der Waals surface area contributed by atoms with Gasteiger partial charge in [-0.05, 0) is 0 Å². The van der Waals surface area contributed by atoms with Crippen molar-refractivity contribution < 1.29 is 33.0 Å². The Balaban J connectivity index is 2.37. The van der Waals surface area contributed by atoms with Crippen LogP contribution in [-0.4, -0.2) is 17.9 Å². The maximum absolute atomic E-state index is 12.8. The van der Waals surface area contributed by atoms with Gasteiger partial charge in [-0.2, -0.15) is 0 Å². The Labute approximate surface area is 164 Å². The van der Waals surface area contributed by atoms with Crippen molar-refractivity contribution in [1.82, 2.24) is 0 Å². The smallest absolute Gasteiger partial charge is 0.308 e. The summed E-state index contributed by atoms with van der Waals surface area (Å²) in [5, 5.41) is -0.132. The highest BCUT2D eigenvalue weighted by molar-refractivity contribution is 5.94. The topological polar surface area (TPSA) is 109 Å². The third-order valence-electron chi connectivity index (χ3n) is 3.70. The average molecular weight is 396 g/mol. The van der Waals surface area contributed by atoms with E-state index in [2.05, 4.69) is 0 Å². The monoisotopic (exact) mass is 396 g/mol. The molecule has 8 nitrogen and oxygen atoms in total. The van der Waals surface area contributed by atoms with Crippen LogP contribution in [0, 0.1) is 0 Å². The van der Waals surface area contributed by atoms with Crippen LogP contribution in [0.5, 0.6) is 17.2 Å². The molecule has 2 aromatic carbocycles. The fourth-order valence-electron chi connectivity index (χ4n) is 2.70. The summed E-state index contributed by atoms with van der Waals surface area (Å²) < 4.78 is 21.1. The summed E-state index contributed by atoms with van der Waals surface area (Å²) in [4.78, 5) is 47.5. The summed E-state index contributed by atoms with van der Waals surface area (Å²) in [6.45, 7) is 3.37. The molecule has 0 radical (unpaired) electrons. The maximum atomic E-state index is 12.8. The second-order valence-electron chi connectivity index (χ2n) is 6.03. The van der Waals surface area contributed by atoms with Crippen molar-refractivity contribution in [1.29, 1.82) is 0 Å². The van der Waals surface area contributed by atoms with Crippen molar-refractivity contribution in [2.45, 2.75) is 20.8 Å². The lowest BCUT2D eigenvalue weighted by atomic mass is 10.1. The summed E-state index contributed by atoms with van der Waals surface area (Å²) in [5.41, 5.74) is 0.0857. The lowest BCUT2D eigenvalue weighted by Gasteiger charge is -2.15. The Bertz CT molecular complexity index is 1170. The number of esters is 3. The molecule has 0 saturated heterocycles. The number of carbonyl (C=O) groups is 3. The zero-order chi connectivity index (χ0) is 21.1. The van der Waals surface area contributed by atoms with Crippen LogP contribution in [0.15, 0.2) is 51.7 Å². The zero-order valence-corrected chi connectivity index (χ0v) is 15.8. The van der Waals surface area contributed by atoms with Crippen molar-refractivity contribution in [3.8, 4) is 28.6 Å². The van der Waals surface area contributed by atoms with Crippen molar-refractivity contribution in [2.24, 2.45) is 0 Å². The van der Waals surface area contributed by atoms with E-state index in [1.807, 2.05) is 6.07 Å². The van der Waals surface area contributed by atoms with Gasteiger partial charge in [-0.25, -0.2) is 0 Å². The summed E-state index contributed by atoms with van der Waals surface area (Å²) in [6, 6.07) is 11.3. The summed E-state index contributed by atoms with van der Waals surface area (Å²) in [7, 11) is 0. The van der Waals surface area contributed by atoms with Crippen LogP contribution in [0.4, 0.5) is 0 Å². The molecule has 0 fully saturated rings. The van der Waals surface area contributed by atoms with Crippen LogP contribution < -0.4 is 19.6 Å². The summed E-state index contributed by atoms with van der Waals surface area (Å²) in [6.07, 6.45) is 0.